The van der Waals surface area contributed by atoms with Gasteiger partial charge >= 0.3 is 0 Å². The van der Waals surface area contributed by atoms with Gasteiger partial charge in [-0.05, 0) is 55.7 Å². The van der Waals surface area contributed by atoms with Crippen LogP contribution in [-0.2, 0) is 0 Å². The number of aliphatic hydroxyl groups excluding tert-OH is 1. The van der Waals surface area contributed by atoms with Crippen molar-refractivity contribution in [3.05, 3.63) is 52.6 Å². The fourth-order valence-corrected chi connectivity index (χ4v) is 3.63. The number of nitrogens with zero attached hydrogens (tertiary/aromatic N) is 2. The second-order valence-corrected chi connectivity index (χ2v) is 6.72. The quantitative estimate of drug-likeness (QED) is 0.761. The molecule has 1 aliphatic rings. The highest BCUT2D eigenvalue weighted by Gasteiger charge is 2.23. The van der Waals surface area contributed by atoms with Crippen molar-refractivity contribution in [2.75, 3.05) is 0 Å². The van der Waals surface area contributed by atoms with Crippen molar-refractivity contribution in [1.29, 1.82) is 0 Å². The van der Waals surface area contributed by atoms with E-state index in [0.29, 0.717) is 17.4 Å². The van der Waals surface area contributed by atoms with Crippen LogP contribution in [0.4, 0.5) is 0 Å². The van der Waals surface area contributed by atoms with Crippen LogP contribution in [0.25, 0.3) is 22.3 Å². The molecular formula is C19H21N3O2. The van der Waals surface area contributed by atoms with E-state index < -0.39 is 0 Å². The first kappa shape index (κ1) is 15.1. The summed E-state index contributed by atoms with van der Waals surface area (Å²) in [5, 5.41) is 10.7. The van der Waals surface area contributed by atoms with Crippen molar-refractivity contribution < 1.29 is 5.11 Å². The molecule has 0 saturated heterocycles. The third kappa shape index (κ3) is 2.65. The number of aromatic nitrogens is 3. The molecule has 3 aromatic rings. The summed E-state index contributed by atoms with van der Waals surface area (Å²) in [5.74, 6) is 0.708. The number of pyridine rings is 1. The number of aryl methyl sites for hydroxylation is 1. The lowest BCUT2D eigenvalue weighted by Crippen LogP contribution is -2.22. The SMILES string of the molecule is Cc1ccc2cc(-c3nccn3C3CCC(O)CC3)c(=O)[nH]c2c1. The number of aliphatic hydroxyl groups is 1. The zero-order valence-electron chi connectivity index (χ0n) is 13.7. The Bertz CT molecular complexity index is 933. The Morgan fingerprint density at radius 2 is 2.00 bits per heavy atom. The maximum atomic E-state index is 12.6. The van der Waals surface area contributed by atoms with Gasteiger partial charge < -0.3 is 14.7 Å². The number of fused-ring (bicyclic) bond motifs is 1. The molecule has 124 valence electrons. The first-order valence-electron chi connectivity index (χ1n) is 8.47. The number of H-pyrrole nitrogens is 1. The monoisotopic (exact) mass is 323 g/mol. The summed E-state index contributed by atoms with van der Waals surface area (Å²) in [6.45, 7) is 2.01. The van der Waals surface area contributed by atoms with Gasteiger partial charge in [0, 0.05) is 24.0 Å². The van der Waals surface area contributed by atoms with Gasteiger partial charge in [0.2, 0.25) is 0 Å². The van der Waals surface area contributed by atoms with Gasteiger partial charge in [0.1, 0.15) is 5.82 Å². The van der Waals surface area contributed by atoms with Crippen LogP contribution < -0.4 is 5.56 Å². The summed E-state index contributed by atoms with van der Waals surface area (Å²) < 4.78 is 2.09. The van der Waals surface area contributed by atoms with Crippen LogP contribution in [-0.4, -0.2) is 25.7 Å². The fraction of sp³-hybridized carbons (Fsp3) is 0.368. The first-order chi connectivity index (χ1) is 11.6. The molecule has 1 fully saturated rings. The Morgan fingerprint density at radius 3 is 2.79 bits per heavy atom. The topological polar surface area (TPSA) is 70.9 Å². The van der Waals surface area contributed by atoms with E-state index in [1.807, 2.05) is 37.4 Å². The molecule has 5 heteroatoms. The molecule has 1 aromatic carbocycles. The molecule has 2 heterocycles. The molecular weight excluding hydrogens is 302 g/mol. The van der Waals surface area contributed by atoms with Crippen LogP contribution in [0.2, 0.25) is 0 Å². The smallest absolute Gasteiger partial charge is 0.259 e. The molecule has 5 nitrogen and oxygen atoms in total. The van der Waals surface area contributed by atoms with Crippen molar-refractivity contribution in [3.8, 4) is 11.4 Å². The molecule has 0 unspecified atom stereocenters. The molecule has 2 aromatic heterocycles. The highest BCUT2D eigenvalue weighted by molar-refractivity contribution is 5.83. The number of aromatic amines is 1. The fourth-order valence-electron chi connectivity index (χ4n) is 3.63. The highest BCUT2D eigenvalue weighted by atomic mass is 16.3. The van der Waals surface area contributed by atoms with Crippen LogP contribution in [0.1, 0.15) is 37.3 Å². The van der Waals surface area contributed by atoms with Gasteiger partial charge in [0.05, 0.1) is 11.7 Å². The van der Waals surface area contributed by atoms with Gasteiger partial charge in [-0.1, -0.05) is 12.1 Å². The number of hydrogen-bond acceptors (Lipinski definition) is 3. The molecule has 0 spiro atoms. The lowest BCUT2D eigenvalue weighted by atomic mass is 9.93. The predicted octanol–water partition coefficient (Wildman–Crippen LogP) is 3.18. The number of imidazole rings is 1. The largest absolute Gasteiger partial charge is 0.393 e. The Kier molecular flexibility index (Phi) is 3.73. The van der Waals surface area contributed by atoms with Crippen LogP contribution in [0.15, 0.2) is 41.5 Å². The minimum absolute atomic E-state index is 0.114. The molecule has 0 amide bonds. The molecule has 2 N–H and O–H groups in total. The molecule has 0 atom stereocenters. The van der Waals surface area contributed by atoms with Gasteiger partial charge in [0.15, 0.2) is 0 Å². The van der Waals surface area contributed by atoms with Gasteiger partial charge in [-0.3, -0.25) is 4.79 Å². The van der Waals surface area contributed by atoms with E-state index >= 15 is 0 Å². The van der Waals surface area contributed by atoms with E-state index in [1.165, 1.54) is 0 Å². The van der Waals surface area contributed by atoms with Crippen molar-refractivity contribution in [2.24, 2.45) is 0 Å². The van der Waals surface area contributed by atoms with Gasteiger partial charge in [0.25, 0.3) is 5.56 Å². The van der Waals surface area contributed by atoms with Crippen molar-refractivity contribution in [1.82, 2.24) is 14.5 Å². The zero-order chi connectivity index (χ0) is 16.7. The van der Waals surface area contributed by atoms with E-state index in [9.17, 15) is 9.90 Å². The highest BCUT2D eigenvalue weighted by Crippen LogP contribution is 2.31. The number of nitrogens with one attached hydrogen (secondary N) is 1. The summed E-state index contributed by atoms with van der Waals surface area (Å²) in [5.41, 5.74) is 2.45. The average molecular weight is 323 g/mol. The number of hydrogen-bond donors (Lipinski definition) is 2. The maximum absolute atomic E-state index is 12.6. The third-order valence-corrected chi connectivity index (χ3v) is 4.97. The summed E-state index contributed by atoms with van der Waals surface area (Å²) in [6.07, 6.45) is 6.92. The maximum Gasteiger partial charge on any atom is 0.259 e. The normalized spacial score (nSPS) is 21.2. The van der Waals surface area contributed by atoms with E-state index in [0.717, 1.165) is 42.1 Å². The van der Waals surface area contributed by atoms with Gasteiger partial charge in [-0.2, -0.15) is 0 Å². The third-order valence-electron chi connectivity index (χ3n) is 4.97. The van der Waals surface area contributed by atoms with Crippen molar-refractivity contribution >= 4 is 10.9 Å². The van der Waals surface area contributed by atoms with Crippen molar-refractivity contribution in [2.45, 2.75) is 44.8 Å². The Hall–Kier alpha value is -2.40. The van der Waals surface area contributed by atoms with Crippen LogP contribution in [0.3, 0.4) is 0 Å². The Labute approximate surface area is 140 Å². The summed E-state index contributed by atoms with van der Waals surface area (Å²) in [4.78, 5) is 20.0. The average Bonchev–Trinajstić information content (AvgIpc) is 3.04. The lowest BCUT2D eigenvalue weighted by molar-refractivity contribution is 0.111. The zero-order valence-corrected chi connectivity index (χ0v) is 13.7. The predicted molar refractivity (Wildman–Crippen MR) is 94.0 cm³/mol. The molecule has 1 aliphatic carbocycles. The molecule has 24 heavy (non-hydrogen) atoms. The second-order valence-electron chi connectivity index (χ2n) is 6.72. The number of benzene rings is 1. The number of rotatable bonds is 2. The van der Waals surface area contributed by atoms with E-state index in [4.69, 9.17) is 0 Å². The molecule has 0 bridgehead atoms. The minimum Gasteiger partial charge on any atom is -0.393 e. The van der Waals surface area contributed by atoms with E-state index in [1.54, 1.807) is 6.20 Å². The summed E-state index contributed by atoms with van der Waals surface area (Å²) in [6, 6.07) is 8.26. The second kappa shape index (κ2) is 5.91. The minimum atomic E-state index is -0.194. The van der Waals surface area contributed by atoms with Crippen LogP contribution in [0.5, 0.6) is 0 Å². The van der Waals surface area contributed by atoms with Crippen LogP contribution in [0, 0.1) is 6.92 Å². The molecule has 0 aliphatic heterocycles. The lowest BCUT2D eigenvalue weighted by Gasteiger charge is -2.27. The van der Waals surface area contributed by atoms with E-state index in [2.05, 4.69) is 14.5 Å². The summed E-state index contributed by atoms with van der Waals surface area (Å²) >= 11 is 0. The standard InChI is InChI=1S/C19H21N3O2/c1-12-2-3-13-11-16(19(24)21-17(13)10-12)18-20-8-9-22(18)14-4-6-15(23)7-5-14/h2-3,8-11,14-15,23H,4-7H2,1H3,(H,21,24). The molecule has 4 rings (SSSR count). The Morgan fingerprint density at radius 1 is 1.21 bits per heavy atom. The first-order valence-corrected chi connectivity index (χ1v) is 8.47. The molecule has 1 saturated carbocycles. The van der Waals surface area contributed by atoms with Crippen molar-refractivity contribution in [3.63, 3.8) is 0 Å². The van der Waals surface area contributed by atoms with Crippen LogP contribution >= 0.6 is 0 Å². The molecule has 0 radical (unpaired) electrons. The van der Waals surface area contributed by atoms with E-state index in [-0.39, 0.29) is 11.7 Å². The van der Waals surface area contributed by atoms with Gasteiger partial charge in [-0.25, -0.2) is 4.98 Å². The Balaban J connectivity index is 1.78. The summed E-state index contributed by atoms with van der Waals surface area (Å²) in [7, 11) is 0. The van der Waals surface area contributed by atoms with Gasteiger partial charge in [-0.15, -0.1) is 0 Å².